The minimum Gasteiger partial charge on any atom is -0.317 e. The Labute approximate surface area is 120 Å². The molecule has 0 radical (unpaired) electrons. The van der Waals surface area contributed by atoms with Gasteiger partial charge in [-0.15, -0.1) is 0 Å². The maximum Gasteiger partial charge on any atom is 0.243 e. The molecule has 1 aliphatic rings. The highest BCUT2D eigenvalue weighted by atomic mass is 32.2. The van der Waals surface area contributed by atoms with Crippen molar-refractivity contribution < 1.29 is 12.8 Å². The smallest absolute Gasteiger partial charge is 0.243 e. The lowest BCUT2D eigenvalue weighted by Crippen LogP contribution is -2.37. The average Bonchev–Trinajstić information content (AvgIpc) is 2.66. The highest BCUT2D eigenvalue weighted by molar-refractivity contribution is 7.89. The summed E-state index contributed by atoms with van der Waals surface area (Å²) in [5, 5.41) is 3.27. The first-order valence-electron chi connectivity index (χ1n) is 6.88. The largest absolute Gasteiger partial charge is 0.317 e. The number of aryl methyl sites for hydroxylation is 1. The highest BCUT2D eigenvalue weighted by Gasteiger charge is 2.29. The number of nitrogens with one attached hydrogen (secondary N) is 1. The van der Waals surface area contributed by atoms with Gasteiger partial charge in [0, 0.05) is 13.1 Å². The Morgan fingerprint density at radius 1 is 1.30 bits per heavy atom. The molecule has 1 saturated heterocycles. The van der Waals surface area contributed by atoms with Crippen molar-refractivity contribution in [1.82, 2.24) is 9.62 Å². The Morgan fingerprint density at radius 2 is 2.05 bits per heavy atom. The molecule has 1 unspecified atom stereocenters. The molecule has 0 saturated carbocycles. The number of halogens is 1. The number of hydrogen-bond donors (Lipinski definition) is 1. The molecule has 0 bridgehead atoms. The molecule has 6 heteroatoms. The molecule has 1 atom stereocenters. The number of rotatable bonds is 3. The molecule has 1 heterocycles. The van der Waals surface area contributed by atoms with Crippen LogP contribution in [0.15, 0.2) is 23.1 Å². The summed E-state index contributed by atoms with van der Waals surface area (Å²) in [7, 11) is -1.94. The summed E-state index contributed by atoms with van der Waals surface area (Å²) < 4.78 is 39.9. The van der Waals surface area contributed by atoms with E-state index in [4.69, 9.17) is 0 Å². The van der Waals surface area contributed by atoms with Crippen molar-refractivity contribution in [2.45, 2.75) is 37.1 Å². The van der Waals surface area contributed by atoms with E-state index in [-0.39, 0.29) is 10.9 Å². The van der Waals surface area contributed by atoms with Gasteiger partial charge in [-0.25, -0.2) is 12.8 Å². The zero-order chi connectivity index (χ0) is 14.8. The van der Waals surface area contributed by atoms with E-state index >= 15 is 0 Å². The van der Waals surface area contributed by atoms with Gasteiger partial charge in [0.1, 0.15) is 5.82 Å². The molecule has 4 nitrogen and oxygen atoms in total. The summed E-state index contributed by atoms with van der Waals surface area (Å²) in [5.41, 5.74) is 0.448. The fraction of sp³-hybridized carbons (Fsp3) is 0.571. The molecule has 1 aromatic rings. The average molecular weight is 300 g/mol. The second kappa shape index (κ2) is 6.20. The Kier molecular flexibility index (Phi) is 4.78. The second-order valence-corrected chi connectivity index (χ2v) is 7.23. The Hall–Kier alpha value is -0.980. The van der Waals surface area contributed by atoms with Gasteiger partial charge in [-0.3, -0.25) is 0 Å². The van der Waals surface area contributed by atoms with Crippen LogP contribution in [0.2, 0.25) is 0 Å². The van der Waals surface area contributed by atoms with Gasteiger partial charge in [0.2, 0.25) is 10.0 Å². The van der Waals surface area contributed by atoms with Crippen molar-refractivity contribution >= 4 is 10.0 Å². The Balaban J connectivity index is 2.28. The van der Waals surface area contributed by atoms with Crippen LogP contribution in [0.5, 0.6) is 0 Å². The van der Waals surface area contributed by atoms with Crippen molar-refractivity contribution in [3.8, 4) is 0 Å². The van der Waals surface area contributed by atoms with Crippen LogP contribution in [0.3, 0.4) is 0 Å². The predicted molar refractivity (Wildman–Crippen MR) is 76.6 cm³/mol. The van der Waals surface area contributed by atoms with Gasteiger partial charge in [-0.1, -0.05) is 0 Å². The summed E-state index contributed by atoms with van der Waals surface area (Å²) in [6.07, 6.45) is 2.62. The van der Waals surface area contributed by atoms with Gasteiger partial charge in [0.25, 0.3) is 0 Å². The van der Waals surface area contributed by atoms with E-state index in [0.29, 0.717) is 5.56 Å². The summed E-state index contributed by atoms with van der Waals surface area (Å²) >= 11 is 0. The van der Waals surface area contributed by atoms with Crippen LogP contribution < -0.4 is 5.32 Å². The quantitative estimate of drug-likeness (QED) is 0.927. The van der Waals surface area contributed by atoms with E-state index < -0.39 is 15.8 Å². The number of nitrogens with zero attached hydrogens (tertiary/aromatic N) is 1. The van der Waals surface area contributed by atoms with Gasteiger partial charge >= 0.3 is 0 Å². The van der Waals surface area contributed by atoms with Crippen LogP contribution in [0.4, 0.5) is 4.39 Å². The first-order valence-corrected chi connectivity index (χ1v) is 8.32. The molecule has 1 N–H and O–H groups in total. The van der Waals surface area contributed by atoms with Crippen LogP contribution in [0.25, 0.3) is 0 Å². The zero-order valence-corrected chi connectivity index (χ0v) is 12.7. The summed E-state index contributed by atoms with van der Waals surface area (Å²) in [6.45, 7) is 3.38. The Morgan fingerprint density at radius 3 is 2.75 bits per heavy atom. The van der Waals surface area contributed by atoms with Crippen molar-refractivity contribution in [3.05, 3.63) is 29.6 Å². The SMILES string of the molecule is Cc1cc(F)ccc1S(=O)(=O)N(C)C1CCCNCC1. The first-order chi connectivity index (χ1) is 9.43. The molecule has 2 rings (SSSR count). The third-order valence-corrected chi connectivity index (χ3v) is 5.92. The molecule has 0 amide bonds. The predicted octanol–water partition coefficient (Wildman–Crippen LogP) is 1.90. The maximum atomic E-state index is 13.1. The molecular weight excluding hydrogens is 279 g/mol. The van der Waals surface area contributed by atoms with Crippen LogP contribution in [-0.4, -0.2) is 38.9 Å². The van der Waals surface area contributed by atoms with Crippen molar-refractivity contribution in [2.24, 2.45) is 0 Å². The van der Waals surface area contributed by atoms with Crippen LogP contribution in [0, 0.1) is 12.7 Å². The molecule has 1 aromatic carbocycles. The summed E-state index contributed by atoms with van der Waals surface area (Å²) in [5.74, 6) is -0.414. The van der Waals surface area contributed by atoms with Gasteiger partial charge < -0.3 is 5.32 Å². The van der Waals surface area contributed by atoms with Gasteiger partial charge in [-0.2, -0.15) is 4.31 Å². The van der Waals surface area contributed by atoms with E-state index in [1.54, 1.807) is 14.0 Å². The standard InChI is InChI=1S/C14H21FN2O2S/c1-11-10-12(15)5-6-14(11)20(18,19)17(2)13-4-3-8-16-9-7-13/h5-6,10,13,16H,3-4,7-9H2,1-2H3. The minimum atomic E-state index is -3.56. The van der Waals surface area contributed by atoms with E-state index in [2.05, 4.69) is 5.32 Å². The van der Waals surface area contributed by atoms with Gasteiger partial charge in [-0.05, 0) is 63.0 Å². The van der Waals surface area contributed by atoms with Crippen molar-refractivity contribution in [3.63, 3.8) is 0 Å². The molecule has 1 fully saturated rings. The van der Waals surface area contributed by atoms with Crippen LogP contribution in [-0.2, 0) is 10.0 Å². The topological polar surface area (TPSA) is 49.4 Å². The molecule has 0 aromatic heterocycles. The normalized spacial score (nSPS) is 20.9. The fourth-order valence-corrected chi connectivity index (χ4v) is 4.24. The minimum absolute atomic E-state index is 0.000506. The van der Waals surface area contributed by atoms with E-state index in [1.807, 2.05) is 0 Å². The summed E-state index contributed by atoms with van der Waals surface area (Å²) in [4.78, 5) is 0.193. The Bertz CT molecular complexity index is 567. The lowest BCUT2D eigenvalue weighted by molar-refractivity contribution is 0.341. The van der Waals surface area contributed by atoms with E-state index in [9.17, 15) is 12.8 Å². The molecule has 20 heavy (non-hydrogen) atoms. The first kappa shape index (κ1) is 15.4. The molecule has 0 spiro atoms. The van der Waals surface area contributed by atoms with Crippen molar-refractivity contribution in [1.29, 1.82) is 0 Å². The third-order valence-electron chi connectivity index (χ3n) is 3.85. The van der Waals surface area contributed by atoms with E-state index in [1.165, 1.54) is 22.5 Å². The van der Waals surface area contributed by atoms with E-state index in [0.717, 1.165) is 32.4 Å². The highest BCUT2D eigenvalue weighted by Crippen LogP contribution is 2.24. The number of sulfonamides is 1. The number of benzene rings is 1. The molecule has 1 aliphatic heterocycles. The molecule has 0 aliphatic carbocycles. The zero-order valence-electron chi connectivity index (χ0n) is 11.9. The van der Waals surface area contributed by atoms with Gasteiger partial charge in [0.15, 0.2) is 0 Å². The van der Waals surface area contributed by atoms with Crippen molar-refractivity contribution in [2.75, 3.05) is 20.1 Å². The lowest BCUT2D eigenvalue weighted by Gasteiger charge is -2.26. The second-order valence-electron chi connectivity index (χ2n) is 5.27. The molecule has 112 valence electrons. The third kappa shape index (κ3) is 3.19. The fourth-order valence-electron chi connectivity index (χ4n) is 2.62. The molecular formula is C14H21FN2O2S. The van der Waals surface area contributed by atoms with Crippen LogP contribution >= 0.6 is 0 Å². The number of hydrogen-bond acceptors (Lipinski definition) is 3. The monoisotopic (exact) mass is 300 g/mol. The maximum absolute atomic E-state index is 13.1. The lowest BCUT2D eigenvalue weighted by atomic mass is 10.1. The van der Waals surface area contributed by atoms with Gasteiger partial charge in [0.05, 0.1) is 4.90 Å². The summed E-state index contributed by atoms with van der Waals surface area (Å²) in [6, 6.07) is 3.81. The van der Waals surface area contributed by atoms with Crippen LogP contribution in [0.1, 0.15) is 24.8 Å².